The highest BCUT2D eigenvalue weighted by Crippen LogP contribution is 2.28. The van der Waals surface area contributed by atoms with Gasteiger partial charge in [0.05, 0.1) is 17.7 Å². The summed E-state index contributed by atoms with van der Waals surface area (Å²) < 4.78 is 34.2. The quantitative estimate of drug-likeness (QED) is 0.359. The molecule has 1 N–H and O–H groups in total. The van der Waals surface area contributed by atoms with E-state index in [1.165, 1.54) is 17.0 Å². The molecule has 0 heterocycles. The van der Waals surface area contributed by atoms with E-state index in [0.29, 0.717) is 24.4 Å². The van der Waals surface area contributed by atoms with E-state index in [0.717, 1.165) is 21.0 Å². The van der Waals surface area contributed by atoms with Crippen molar-refractivity contribution in [3.8, 4) is 5.75 Å². The average Bonchev–Trinajstić information content (AvgIpc) is 2.93. The van der Waals surface area contributed by atoms with E-state index < -0.39 is 28.5 Å². The number of likely N-dealkylation sites (N-methyl/N-ethyl adjacent to an activating group) is 1. The molecule has 0 bridgehead atoms. The summed E-state index contributed by atoms with van der Waals surface area (Å²) in [4.78, 5) is 28.6. The Kier molecular flexibility index (Phi) is 10.1. The molecule has 0 aliphatic heterocycles. The molecule has 3 aromatic carbocycles. The number of benzene rings is 3. The summed E-state index contributed by atoms with van der Waals surface area (Å²) in [5, 5.41) is 2.81. The highest BCUT2D eigenvalue weighted by molar-refractivity contribution is 7.92. The van der Waals surface area contributed by atoms with E-state index in [1.807, 2.05) is 52.0 Å². The zero-order valence-electron chi connectivity index (χ0n) is 23.2. The van der Waals surface area contributed by atoms with E-state index in [1.54, 1.807) is 43.5 Å². The van der Waals surface area contributed by atoms with Gasteiger partial charge in [-0.3, -0.25) is 13.9 Å². The van der Waals surface area contributed by atoms with Crippen molar-refractivity contribution in [3.05, 3.63) is 89.5 Å². The normalized spacial score (nSPS) is 11.9. The molecule has 208 valence electrons. The molecule has 8 nitrogen and oxygen atoms in total. The van der Waals surface area contributed by atoms with Gasteiger partial charge in [0.1, 0.15) is 18.3 Å². The number of amides is 2. The van der Waals surface area contributed by atoms with Crippen LogP contribution in [0.3, 0.4) is 0 Å². The van der Waals surface area contributed by atoms with Gasteiger partial charge in [-0.15, -0.1) is 0 Å². The lowest BCUT2D eigenvalue weighted by Crippen LogP contribution is -2.52. The van der Waals surface area contributed by atoms with Crippen molar-refractivity contribution in [2.45, 2.75) is 51.6 Å². The molecule has 0 aliphatic rings. The van der Waals surface area contributed by atoms with Gasteiger partial charge < -0.3 is 15.0 Å². The fraction of sp³-hybridized carbons (Fsp3) is 0.333. The predicted octanol–water partition coefficient (Wildman–Crippen LogP) is 4.45. The third-order valence-corrected chi connectivity index (χ3v) is 8.25. The number of methoxy groups -OCH3 is 1. The summed E-state index contributed by atoms with van der Waals surface area (Å²) in [6.45, 7) is 7.46. The van der Waals surface area contributed by atoms with Crippen molar-refractivity contribution < 1.29 is 22.7 Å². The van der Waals surface area contributed by atoms with E-state index in [4.69, 9.17) is 4.74 Å². The minimum atomic E-state index is -4.09. The molecular weight excluding hydrogens is 514 g/mol. The zero-order valence-corrected chi connectivity index (χ0v) is 24.0. The number of hydrogen-bond acceptors (Lipinski definition) is 5. The number of nitrogens with zero attached hydrogens (tertiary/aromatic N) is 2. The molecule has 9 heteroatoms. The lowest BCUT2D eigenvalue weighted by Gasteiger charge is -2.33. The Balaban J connectivity index is 2.07. The standard InChI is InChI=1S/C30H37N3O5S/c1-6-27(30(35)31-7-2)32(20-24-14-16-25(38-5)17-15-24)29(34)21-33(28-18-13-22(3)19-23(28)4)39(36,37)26-11-9-8-10-12-26/h8-19,27H,6-7,20-21H2,1-5H3,(H,31,35)/t27-/m0/s1. The first-order valence-electron chi connectivity index (χ1n) is 13.0. The highest BCUT2D eigenvalue weighted by atomic mass is 32.2. The fourth-order valence-corrected chi connectivity index (χ4v) is 5.96. The van der Waals surface area contributed by atoms with Gasteiger partial charge in [-0.25, -0.2) is 8.42 Å². The summed E-state index contributed by atoms with van der Waals surface area (Å²) in [5.74, 6) is -0.100. The number of rotatable bonds is 12. The summed E-state index contributed by atoms with van der Waals surface area (Å²) in [6, 6.07) is 19.9. The predicted molar refractivity (Wildman–Crippen MR) is 153 cm³/mol. The maximum Gasteiger partial charge on any atom is 0.264 e. The summed E-state index contributed by atoms with van der Waals surface area (Å²) in [6.07, 6.45) is 0.364. The van der Waals surface area contributed by atoms with Gasteiger partial charge in [0.2, 0.25) is 11.8 Å². The molecule has 39 heavy (non-hydrogen) atoms. The topological polar surface area (TPSA) is 96.0 Å². The van der Waals surface area contributed by atoms with Crippen LogP contribution in [0.25, 0.3) is 0 Å². The first kappa shape index (κ1) is 29.7. The van der Waals surface area contributed by atoms with E-state index in [-0.39, 0.29) is 17.3 Å². The molecule has 2 amide bonds. The number of aryl methyl sites for hydroxylation is 2. The van der Waals surface area contributed by atoms with Crippen LogP contribution in [-0.2, 0) is 26.2 Å². The van der Waals surface area contributed by atoms with Crippen LogP contribution in [0.5, 0.6) is 5.75 Å². The summed E-state index contributed by atoms with van der Waals surface area (Å²) in [5.41, 5.74) is 2.90. The smallest absolute Gasteiger partial charge is 0.264 e. The number of ether oxygens (including phenoxy) is 1. The second-order valence-electron chi connectivity index (χ2n) is 9.30. The summed E-state index contributed by atoms with van der Waals surface area (Å²) in [7, 11) is -2.52. The lowest BCUT2D eigenvalue weighted by atomic mass is 10.1. The largest absolute Gasteiger partial charge is 0.497 e. The van der Waals surface area contributed by atoms with Gasteiger partial charge in [-0.2, -0.15) is 0 Å². The van der Waals surface area contributed by atoms with Crippen LogP contribution in [0.15, 0.2) is 77.7 Å². The monoisotopic (exact) mass is 551 g/mol. The van der Waals surface area contributed by atoms with Crippen LogP contribution in [-0.4, -0.2) is 51.4 Å². The molecule has 0 unspecified atom stereocenters. The van der Waals surface area contributed by atoms with Crippen LogP contribution >= 0.6 is 0 Å². The van der Waals surface area contributed by atoms with Crippen molar-refractivity contribution in [2.75, 3.05) is 24.5 Å². The van der Waals surface area contributed by atoms with Crippen molar-refractivity contribution in [2.24, 2.45) is 0 Å². The molecule has 0 saturated heterocycles. The van der Waals surface area contributed by atoms with Gasteiger partial charge in [-0.05, 0) is 68.7 Å². The SMILES string of the molecule is CCNC(=O)[C@H](CC)N(Cc1ccc(OC)cc1)C(=O)CN(c1ccc(C)cc1C)S(=O)(=O)c1ccccc1. The van der Waals surface area contributed by atoms with Crippen molar-refractivity contribution in [3.63, 3.8) is 0 Å². The molecule has 3 rings (SSSR count). The molecule has 3 aromatic rings. The molecule has 0 radical (unpaired) electrons. The van der Waals surface area contributed by atoms with Crippen molar-refractivity contribution in [1.29, 1.82) is 0 Å². The maximum absolute atomic E-state index is 14.0. The Hall–Kier alpha value is -3.85. The third-order valence-electron chi connectivity index (χ3n) is 6.48. The Bertz CT molecular complexity index is 1380. The van der Waals surface area contributed by atoms with Crippen LogP contribution < -0.4 is 14.4 Å². The number of carbonyl (C=O) groups is 2. The van der Waals surface area contributed by atoms with E-state index in [2.05, 4.69) is 5.32 Å². The number of hydrogen-bond donors (Lipinski definition) is 1. The molecule has 1 atom stereocenters. The van der Waals surface area contributed by atoms with Crippen LogP contribution in [0.2, 0.25) is 0 Å². The van der Waals surface area contributed by atoms with Crippen LogP contribution in [0.1, 0.15) is 37.0 Å². The number of nitrogens with one attached hydrogen (secondary N) is 1. The molecule has 0 fully saturated rings. The number of anilines is 1. The Morgan fingerprint density at radius 3 is 2.18 bits per heavy atom. The van der Waals surface area contributed by atoms with Crippen LogP contribution in [0.4, 0.5) is 5.69 Å². The molecule has 0 aliphatic carbocycles. The highest BCUT2D eigenvalue weighted by Gasteiger charge is 2.34. The van der Waals surface area contributed by atoms with Gasteiger partial charge in [0.15, 0.2) is 0 Å². The Morgan fingerprint density at radius 1 is 0.949 bits per heavy atom. The average molecular weight is 552 g/mol. The third kappa shape index (κ3) is 7.17. The van der Waals surface area contributed by atoms with E-state index >= 15 is 0 Å². The Labute approximate surface area is 231 Å². The molecule has 0 saturated carbocycles. The van der Waals surface area contributed by atoms with Gasteiger partial charge >= 0.3 is 0 Å². The minimum Gasteiger partial charge on any atom is -0.497 e. The first-order valence-corrected chi connectivity index (χ1v) is 14.4. The van der Waals surface area contributed by atoms with Crippen molar-refractivity contribution in [1.82, 2.24) is 10.2 Å². The molecule has 0 aromatic heterocycles. The first-order chi connectivity index (χ1) is 18.6. The Morgan fingerprint density at radius 2 is 1.62 bits per heavy atom. The van der Waals surface area contributed by atoms with Gasteiger partial charge in [-0.1, -0.05) is 55.0 Å². The molecule has 0 spiro atoms. The summed E-state index contributed by atoms with van der Waals surface area (Å²) >= 11 is 0. The number of sulfonamides is 1. The van der Waals surface area contributed by atoms with Crippen LogP contribution in [0, 0.1) is 13.8 Å². The fourth-order valence-electron chi connectivity index (χ4n) is 4.46. The maximum atomic E-state index is 14.0. The van der Waals surface area contributed by atoms with Gasteiger partial charge in [0, 0.05) is 13.1 Å². The molecular formula is C30H37N3O5S. The second kappa shape index (κ2) is 13.3. The minimum absolute atomic E-state index is 0.0789. The zero-order chi connectivity index (χ0) is 28.6. The lowest BCUT2D eigenvalue weighted by molar-refractivity contribution is -0.140. The van der Waals surface area contributed by atoms with Gasteiger partial charge in [0.25, 0.3) is 10.0 Å². The second-order valence-corrected chi connectivity index (χ2v) is 11.2. The van der Waals surface area contributed by atoms with E-state index in [9.17, 15) is 18.0 Å². The van der Waals surface area contributed by atoms with Crippen molar-refractivity contribution >= 4 is 27.5 Å². The number of carbonyl (C=O) groups excluding carboxylic acids is 2.